The molecule has 0 spiro atoms. The predicted molar refractivity (Wildman–Crippen MR) is 117 cm³/mol. The summed E-state index contributed by atoms with van der Waals surface area (Å²) in [4.78, 5) is 16.9. The predicted octanol–water partition coefficient (Wildman–Crippen LogP) is 4.06. The number of benzene rings is 2. The van der Waals surface area contributed by atoms with E-state index in [1.54, 1.807) is 4.90 Å². The van der Waals surface area contributed by atoms with E-state index < -0.39 is 0 Å². The average Bonchev–Trinajstić information content (AvgIpc) is 2.76. The van der Waals surface area contributed by atoms with Gasteiger partial charge >= 0.3 is 0 Å². The summed E-state index contributed by atoms with van der Waals surface area (Å²) in [5, 5.41) is 9.70. The number of morpholine rings is 1. The molecule has 1 aliphatic heterocycles. The molecule has 30 heavy (non-hydrogen) atoms. The van der Waals surface area contributed by atoms with E-state index >= 15 is 0 Å². The van der Waals surface area contributed by atoms with Gasteiger partial charge in [-0.05, 0) is 48.9 Å². The third kappa shape index (κ3) is 5.96. The lowest BCUT2D eigenvalue weighted by molar-refractivity contribution is -0.121. The summed E-state index contributed by atoms with van der Waals surface area (Å²) in [5.74, 6) is 0.721. The SMILES string of the molecule is CCOc1ccc(N(CCC#N)C(=O)CN2CCOC(c3ccc(Cl)cc3)C2)cc1. The Morgan fingerprint density at radius 1 is 1.27 bits per heavy atom. The molecule has 2 aromatic rings. The maximum absolute atomic E-state index is 13.1. The molecule has 0 aromatic heterocycles. The van der Waals surface area contributed by atoms with Gasteiger partial charge in [-0.2, -0.15) is 5.26 Å². The monoisotopic (exact) mass is 427 g/mol. The van der Waals surface area contributed by atoms with Crippen molar-refractivity contribution in [1.29, 1.82) is 5.26 Å². The van der Waals surface area contributed by atoms with Crippen molar-refractivity contribution in [3.8, 4) is 11.8 Å². The molecule has 1 heterocycles. The lowest BCUT2D eigenvalue weighted by Crippen LogP contribution is -2.46. The van der Waals surface area contributed by atoms with Crippen molar-refractivity contribution in [3.63, 3.8) is 0 Å². The fraction of sp³-hybridized carbons (Fsp3) is 0.391. The maximum Gasteiger partial charge on any atom is 0.241 e. The third-order valence-corrected chi connectivity index (χ3v) is 5.21. The largest absolute Gasteiger partial charge is 0.494 e. The highest BCUT2D eigenvalue weighted by Crippen LogP contribution is 2.25. The molecular weight excluding hydrogens is 402 g/mol. The highest BCUT2D eigenvalue weighted by molar-refractivity contribution is 6.30. The molecular formula is C23H26ClN3O3. The van der Waals surface area contributed by atoms with Gasteiger partial charge in [-0.15, -0.1) is 0 Å². The molecule has 0 bridgehead atoms. The highest BCUT2D eigenvalue weighted by Gasteiger charge is 2.25. The fourth-order valence-electron chi connectivity index (χ4n) is 3.45. The summed E-state index contributed by atoms with van der Waals surface area (Å²) in [6.45, 7) is 5.01. The minimum atomic E-state index is -0.0955. The standard InChI is InChI=1S/C23H26ClN3O3/c1-2-29-21-10-8-20(9-11-21)27(13-3-12-25)23(28)17-26-14-15-30-22(16-26)18-4-6-19(24)7-5-18/h4-11,22H,2-3,13-17H2,1H3. The van der Waals surface area contributed by atoms with Crippen LogP contribution in [-0.4, -0.2) is 50.2 Å². The number of ether oxygens (including phenoxy) is 2. The van der Waals surface area contributed by atoms with Gasteiger partial charge in [0.05, 0.1) is 38.4 Å². The third-order valence-electron chi connectivity index (χ3n) is 4.96. The highest BCUT2D eigenvalue weighted by atomic mass is 35.5. The van der Waals surface area contributed by atoms with Crippen LogP contribution in [0.5, 0.6) is 5.75 Å². The second kappa shape index (κ2) is 11.0. The van der Waals surface area contributed by atoms with Gasteiger partial charge in [-0.3, -0.25) is 9.69 Å². The summed E-state index contributed by atoms with van der Waals surface area (Å²) in [6.07, 6.45) is 0.178. The molecule has 6 nitrogen and oxygen atoms in total. The second-order valence-corrected chi connectivity index (χ2v) is 7.46. The van der Waals surface area contributed by atoms with E-state index in [0.29, 0.717) is 37.9 Å². The van der Waals surface area contributed by atoms with Gasteiger partial charge in [-0.25, -0.2) is 0 Å². The van der Waals surface area contributed by atoms with E-state index in [0.717, 1.165) is 17.0 Å². The van der Waals surface area contributed by atoms with Gasteiger partial charge in [0, 0.05) is 30.3 Å². The minimum Gasteiger partial charge on any atom is -0.494 e. The molecule has 1 unspecified atom stereocenters. The Hall–Kier alpha value is -2.59. The maximum atomic E-state index is 13.1. The first-order chi connectivity index (χ1) is 14.6. The van der Waals surface area contributed by atoms with Crippen molar-refractivity contribution in [2.45, 2.75) is 19.4 Å². The minimum absolute atomic E-state index is 0.0360. The zero-order valence-corrected chi connectivity index (χ0v) is 17.8. The van der Waals surface area contributed by atoms with Crippen molar-refractivity contribution in [1.82, 2.24) is 4.90 Å². The van der Waals surface area contributed by atoms with Crippen LogP contribution < -0.4 is 9.64 Å². The zero-order valence-electron chi connectivity index (χ0n) is 17.1. The summed E-state index contributed by atoms with van der Waals surface area (Å²) >= 11 is 5.98. The van der Waals surface area contributed by atoms with Crippen LogP contribution in [0, 0.1) is 11.3 Å². The quantitative estimate of drug-likeness (QED) is 0.635. The Kier molecular flexibility index (Phi) is 8.09. The van der Waals surface area contributed by atoms with Gasteiger partial charge in [-0.1, -0.05) is 23.7 Å². The van der Waals surface area contributed by atoms with Crippen molar-refractivity contribution < 1.29 is 14.3 Å². The first-order valence-corrected chi connectivity index (χ1v) is 10.5. The molecule has 7 heteroatoms. The molecule has 1 fully saturated rings. The van der Waals surface area contributed by atoms with Gasteiger partial charge in [0.25, 0.3) is 0 Å². The number of carbonyl (C=O) groups excluding carboxylic acids is 1. The topological polar surface area (TPSA) is 65.8 Å². The molecule has 1 aliphatic rings. The van der Waals surface area contributed by atoms with E-state index in [4.69, 9.17) is 26.3 Å². The molecule has 0 N–H and O–H groups in total. The summed E-state index contributed by atoms with van der Waals surface area (Å²) < 4.78 is 11.4. The Labute approximate surface area is 182 Å². The number of halogens is 1. The number of hydrogen-bond donors (Lipinski definition) is 0. The lowest BCUT2D eigenvalue weighted by atomic mass is 10.1. The van der Waals surface area contributed by atoms with E-state index in [2.05, 4.69) is 11.0 Å². The van der Waals surface area contributed by atoms with Crippen LogP contribution in [0.25, 0.3) is 0 Å². The van der Waals surface area contributed by atoms with Crippen molar-refractivity contribution in [2.24, 2.45) is 0 Å². The van der Waals surface area contributed by atoms with Crippen LogP contribution in [0.1, 0.15) is 25.0 Å². The van der Waals surface area contributed by atoms with Crippen LogP contribution in [0.15, 0.2) is 48.5 Å². The number of anilines is 1. The van der Waals surface area contributed by atoms with Crippen LogP contribution in [0.4, 0.5) is 5.69 Å². The molecule has 1 saturated heterocycles. The average molecular weight is 428 g/mol. The van der Waals surface area contributed by atoms with Gasteiger partial charge in [0.2, 0.25) is 5.91 Å². The summed E-state index contributed by atoms with van der Waals surface area (Å²) in [6, 6.07) is 17.1. The fourth-order valence-corrected chi connectivity index (χ4v) is 3.58. The number of carbonyl (C=O) groups is 1. The van der Waals surface area contributed by atoms with Crippen molar-refractivity contribution in [3.05, 3.63) is 59.1 Å². The second-order valence-electron chi connectivity index (χ2n) is 7.03. The first kappa shape index (κ1) is 22.1. The summed E-state index contributed by atoms with van der Waals surface area (Å²) in [7, 11) is 0. The van der Waals surface area contributed by atoms with E-state index in [1.807, 2.05) is 55.5 Å². The van der Waals surface area contributed by atoms with Gasteiger partial charge in [0.1, 0.15) is 5.75 Å². The molecule has 3 rings (SSSR count). The van der Waals surface area contributed by atoms with Crippen LogP contribution in [0.2, 0.25) is 5.02 Å². The van der Waals surface area contributed by atoms with E-state index in [1.165, 1.54) is 0 Å². The number of nitriles is 1. The molecule has 1 atom stereocenters. The molecule has 158 valence electrons. The van der Waals surface area contributed by atoms with Crippen LogP contribution in [-0.2, 0) is 9.53 Å². The molecule has 2 aromatic carbocycles. The lowest BCUT2D eigenvalue weighted by Gasteiger charge is -2.34. The number of hydrogen-bond acceptors (Lipinski definition) is 5. The van der Waals surface area contributed by atoms with Crippen LogP contribution in [0.3, 0.4) is 0 Å². The number of amides is 1. The van der Waals surface area contributed by atoms with Crippen molar-refractivity contribution >= 4 is 23.2 Å². The van der Waals surface area contributed by atoms with Gasteiger partial charge < -0.3 is 14.4 Å². The zero-order chi connectivity index (χ0) is 21.3. The number of rotatable bonds is 8. The molecule has 1 amide bonds. The van der Waals surface area contributed by atoms with E-state index in [-0.39, 0.29) is 25.0 Å². The molecule has 0 radical (unpaired) electrons. The smallest absolute Gasteiger partial charge is 0.241 e. The van der Waals surface area contributed by atoms with Crippen LogP contribution >= 0.6 is 11.6 Å². The van der Waals surface area contributed by atoms with Gasteiger partial charge in [0.15, 0.2) is 0 Å². The molecule has 0 saturated carbocycles. The summed E-state index contributed by atoms with van der Waals surface area (Å²) in [5.41, 5.74) is 1.81. The normalized spacial score (nSPS) is 16.6. The Balaban J connectivity index is 1.67. The van der Waals surface area contributed by atoms with Crippen molar-refractivity contribution in [2.75, 3.05) is 44.3 Å². The number of nitrogens with zero attached hydrogens (tertiary/aromatic N) is 3. The Morgan fingerprint density at radius 2 is 2.00 bits per heavy atom. The Morgan fingerprint density at radius 3 is 2.67 bits per heavy atom. The molecule has 0 aliphatic carbocycles. The first-order valence-electron chi connectivity index (χ1n) is 10.1. The van der Waals surface area contributed by atoms with E-state index in [9.17, 15) is 4.79 Å². The Bertz CT molecular complexity index is 865.